The fourth-order valence-electron chi connectivity index (χ4n) is 3.07. The minimum atomic E-state index is -1.06. The standard InChI is InChI=1S/C23H36N2O5/c1-4-5-6-7-8-12-15-19(22(27)28)24-21(26)20(17(2)3)25-23(29)30-16-18-13-10-9-11-14-18/h9-11,13-14,17,19-20H,4-8,12,15-16H2,1-3H3,(H,24,26)(H,25,29)(H,27,28)/t19-,20-/m0/s1. The first-order valence-electron chi connectivity index (χ1n) is 10.9. The number of amides is 2. The Morgan fingerprint density at radius 1 is 0.967 bits per heavy atom. The molecular formula is C23H36N2O5. The summed E-state index contributed by atoms with van der Waals surface area (Å²) >= 11 is 0. The third kappa shape index (κ3) is 10.3. The van der Waals surface area contributed by atoms with E-state index < -0.39 is 30.1 Å². The molecule has 1 aromatic rings. The van der Waals surface area contributed by atoms with E-state index in [4.69, 9.17) is 4.74 Å². The third-order valence-corrected chi connectivity index (χ3v) is 4.90. The van der Waals surface area contributed by atoms with Gasteiger partial charge in [-0.25, -0.2) is 9.59 Å². The van der Waals surface area contributed by atoms with Gasteiger partial charge in [-0.15, -0.1) is 0 Å². The summed E-state index contributed by atoms with van der Waals surface area (Å²) in [6.07, 6.45) is 5.89. The molecule has 7 nitrogen and oxygen atoms in total. The van der Waals surface area contributed by atoms with Gasteiger partial charge in [-0.3, -0.25) is 4.79 Å². The number of unbranched alkanes of at least 4 members (excludes halogenated alkanes) is 5. The van der Waals surface area contributed by atoms with Crippen LogP contribution in [0.25, 0.3) is 0 Å². The van der Waals surface area contributed by atoms with Crippen molar-refractivity contribution in [2.75, 3.05) is 0 Å². The van der Waals surface area contributed by atoms with E-state index in [-0.39, 0.29) is 12.5 Å². The number of nitrogens with one attached hydrogen (secondary N) is 2. The molecule has 0 aliphatic carbocycles. The lowest BCUT2D eigenvalue weighted by atomic mass is 10.0. The number of hydrogen-bond acceptors (Lipinski definition) is 4. The SMILES string of the molecule is CCCCCCCC[C@H](NC(=O)[C@@H](NC(=O)OCc1ccccc1)C(C)C)C(=O)O. The minimum absolute atomic E-state index is 0.0922. The van der Waals surface area contributed by atoms with Crippen LogP contribution in [0.15, 0.2) is 30.3 Å². The van der Waals surface area contributed by atoms with E-state index in [2.05, 4.69) is 17.6 Å². The van der Waals surface area contributed by atoms with E-state index in [1.165, 1.54) is 6.42 Å². The van der Waals surface area contributed by atoms with Gasteiger partial charge < -0.3 is 20.5 Å². The number of ether oxygens (including phenoxy) is 1. The van der Waals surface area contributed by atoms with E-state index >= 15 is 0 Å². The summed E-state index contributed by atoms with van der Waals surface area (Å²) in [6, 6.07) is 7.38. The van der Waals surface area contributed by atoms with Gasteiger partial charge in [-0.2, -0.15) is 0 Å². The van der Waals surface area contributed by atoms with Crippen molar-refractivity contribution in [2.24, 2.45) is 5.92 Å². The van der Waals surface area contributed by atoms with Crippen molar-refractivity contribution in [1.29, 1.82) is 0 Å². The van der Waals surface area contributed by atoms with Crippen molar-refractivity contribution in [3.8, 4) is 0 Å². The van der Waals surface area contributed by atoms with Crippen LogP contribution in [0.4, 0.5) is 4.79 Å². The molecule has 0 saturated carbocycles. The first kappa shape index (κ1) is 25.5. The molecule has 3 N–H and O–H groups in total. The van der Waals surface area contributed by atoms with Gasteiger partial charge in [0.2, 0.25) is 5.91 Å². The van der Waals surface area contributed by atoms with E-state index in [9.17, 15) is 19.5 Å². The monoisotopic (exact) mass is 420 g/mol. The smallest absolute Gasteiger partial charge is 0.408 e. The van der Waals surface area contributed by atoms with Gasteiger partial charge in [0.15, 0.2) is 0 Å². The van der Waals surface area contributed by atoms with Crippen LogP contribution in [0.3, 0.4) is 0 Å². The van der Waals surface area contributed by atoms with Crippen molar-refractivity contribution in [3.63, 3.8) is 0 Å². The highest BCUT2D eigenvalue weighted by Gasteiger charge is 2.28. The van der Waals surface area contributed by atoms with Crippen molar-refractivity contribution in [2.45, 2.75) is 84.4 Å². The lowest BCUT2D eigenvalue weighted by Crippen LogP contribution is -2.53. The molecule has 0 unspecified atom stereocenters. The molecule has 0 saturated heterocycles. The lowest BCUT2D eigenvalue weighted by Gasteiger charge is -2.23. The largest absolute Gasteiger partial charge is 0.480 e. The highest BCUT2D eigenvalue weighted by atomic mass is 16.5. The van der Waals surface area contributed by atoms with Crippen LogP contribution < -0.4 is 10.6 Å². The number of hydrogen-bond donors (Lipinski definition) is 3. The maximum Gasteiger partial charge on any atom is 0.408 e. The van der Waals surface area contributed by atoms with Crippen LogP contribution in [0.5, 0.6) is 0 Å². The number of carbonyl (C=O) groups is 3. The molecule has 7 heteroatoms. The second-order valence-electron chi connectivity index (χ2n) is 7.88. The Morgan fingerprint density at radius 2 is 1.60 bits per heavy atom. The predicted octanol–water partition coefficient (Wildman–Crippen LogP) is 4.26. The van der Waals surface area contributed by atoms with E-state index in [0.717, 1.165) is 37.7 Å². The Labute approximate surface area is 179 Å². The van der Waals surface area contributed by atoms with Crippen molar-refractivity contribution in [3.05, 3.63) is 35.9 Å². The lowest BCUT2D eigenvalue weighted by molar-refractivity contribution is -0.142. The molecule has 0 radical (unpaired) electrons. The fraction of sp³-hybridized carbons (Fsp3) is 0.609. The number of benzene rings is 1. The number of rotatable bonds is 14. The van der Waals surface area contributed by atoms with Gasteiger partial charge in [0, 0.05) is 0 Å². The molecule has 168 valence electrons. The number of aliphatic carboxylic acids is 1. The predicted molar refractivity (Wildman–Crippen MR) is 116 cm³/mol. The summed E-state index contributed by atoms with van der Waals surface area (Å²) in [4.78, 5) is 36.3. The molecule has 0 spiro atoms. The Bertz CT molecular complexity index is 648. The fourth-order valence-corrected chi connectivity index (χ4v) is 3.07. The molecule has 30 heavy (non-hydrogen) atoms. The van der Waals surface area contributed by atoms with E-state index in [1.807, 2.05) is 30.3 Å². The maximum absolute atomic E-state index is 12.6. The second kappa shape index (κ2) is 14.4. The first-order chi connectivity index (χ1) is 14.3. The van der Waals surface area contributed by atoms with Crippen LogP contribution in [0.1, 0.15) is 71.3 Å². The van der Waals surface area contributed by atoms with Crippen molar-refractivity contribution < 1.29 is 24.2 Å². The van der Waals surface area contributed by atoms with E-state index in [1.54, 1.807) is 13.8 Å². The zero-order valence-electron chi connectivity index (χ0n) is 18.4. The van der Waals surface area contributed by atoms with Gasteiger partial charge in [0.05, 0.1) is 0 Å². The first-order valence-corrected chi connectivity index (χ1v) is 10.9. The summed E-state index contributed by atoms with van der Waals surface area (Å²) in [5.41, 5.74) is 0.836. The molecule has 1 aromatic carbocycles. The maximum atomic E-state index is 12.6. The molecule has 0 fully saturated rings. The topological polar surface area (TPSA) is 105 Å². The minimum Gasteiger partial charge on any atom is -0.480 e. The van der Waals surface area contributed by atoms with Crippen LogP contribution in [0, 0.1) is 5.92 Å². The summed E-state index contributed by atoms with van der Waals surface area (Å²) < 4.78 is 5.18. The zero-order valence-corrected chi connectivity index (χ0v) is 18.4. The third-order valence-electron chi connectivity index (χ3n) is 4.90. The van der Waals surface area contributed by atoms with Crippen LogP contribution in [-0.4, -0.2) is 35.2 Å². The average molecular weight is 421 g/mol. The van der Waals surface area contributed by atoms with Gasteiger partial charge in [-0.1, -0.05) is 89.6 Å². The number of carboxylic acids is 1. The molecule has 0 heterocycles. The van der Waals surface area contributed by atoms with Gasteiger partial charge in [0.1, 0.15) is 18.7 Å². The molecule has 0 aliphatic heterocycles. The molecule has 1 rings (SSSR count). The molecular weight excluding hydrogens is 384 g/mol. The zero-order chi connectivity index (χ0) is 22.4. The van der Waals surface area contributed by atoms with Gasteiger partial charge >= 0.3 is 12.1 Å². The number of alkyl carbamates (subject to hydrolysis) is 1. The Hall–Kier alpha value is -2.57. The number of carbonyl (C=O) groups excluding carboxylic acids is 2. The average Bonchev–Trinajstić information content (AvgIpc) is 2.72. The Morgan fingerprint density at radius 3 is 2.20 bits per heavy atom. The van der Waals surface area contributed by atoms with Crippen LogP contribution in [0.2, 0.25) is 0 Å². The van der Waals surface area contributed by atoms with Crippen LogP contribution in [-0.2, 0) is 20.9 Å². The molecule has 2 amide bonds. The van der Waals surface area contributed by atoms with Crippen molar-refractivity contribution in [1.82, 2.24) is 10.6 Å². The molecule has 2 atom stereocenters. The van der Waals surface area contributed by atoms with Crippen LogP contribution >= 0.6 is 0 Å². The summed E-state index contributed by atoms with van der Waals surface area (Å²) in [5, 5.41) is 14.6. The second-order valence-corrected chi connectivity index (χ2v) is 7.88. The highest BCUT2D eigenvalue weighted by Crippen LogP contribution is 2.10. The van der Waals surface area contributed by atoms with Gasteiger partial charge in [0.25, 0.3) is 0 Å². The molecule has 0 aromatic heterocycles. The number of carboxylic acid groups (broad SMARTS) is 1. The molecule has 0 bridgehead atoms. The van der Waals surface area contributed by atoms with Gasteiger partial charge in [-0.05, 0) is 17.9 Å². The Balaban J connectivity index is 2.52. The Kier molecular flexibility index (Phi) is 12.2. The summed E-state index contributed by atoms with van der Waals surface area (Å²) in [7, 11) is 0. The summed E-state index contributed by atoms with van der Waals surface area (Å²) in [6.45, 7) is 5.80. The van der Waals surface area contributed by atoms with Crippen molar-refractivity contribution >= 4 is 18.0 Å². The van der Waals surface area contributed by atoms with E-state index in [0.29, 0.717) is 6.42 Å². The summed E-state index contributed by atoms with van der Waals surface area (Å²) in [5.74, 6) is -1.80. The molecule has 0 aliphatic rings. The normalized spacial score (nSPS) is 12.8. The highest BCUT2D eigenvalue weighted by molar-refractivity contribution is 5.89. The quantitative estimate of drug-likeness (QED) is 0.390.